The van der Waals surface area contributed by atoms with Crippen LogP contribution in [-0.2, 0) is 32.9 Å². The van der Waals surface area contributed by atoms with Crippen LogP contribution < -0.4 is 10.5 Å². The molecule has 3 aliphatic rings. The lowest BCUT2D eigenvalue weighted by Crippen LogP contribution is -2.48. The summed E-state index contributed by atoms with van der Waals surface area (Å²) in [6.07, 6.45) is 5.82. The molecular formula is C43H52N4O6Si. The number of H-pyrrole nitrogens is 1. The van der Waals surface area contributed by atoms with E-state index in [0.29, 0.717) is 47.4 Å². The lowest BCUT2D eigenvalue weighted by molar-refractivity contribution is -0.150. The highest BCUT2D eigenvalue weighted by atomic mass is 28.4. The van der Waals surface area contributed by atoms with Crippen LogP contribution in [0.5, 0.6) is 0 Å². The van der Waals surface area contributed by atoms with Gasteiger partial charge in [-0.2, -0.15) is 0 Å². The minimum Gasteiger partial charge on any atom is -0.432 e. The number of benzene rings is 3. The zero-order chi connectivity index (χ0) is 38.5. The van der Waals surface area contributed by atoms with Crippen molar-refractivity contribution >= 4 is 36.7 Å². The molecule has 3 aromatic carbocycles. The van der Waals surface area contributed by atoms with Crippen LogP contribution >= 0.6 is 0 Å². The summed E-state index contributed by atoms with van der Waals surface area (Å²) in [5, 5.41) is 14.1. The Hall–Kier alpha value is -4.55. The van der Waals surface area contributed by atoms with Crippen LogP contribution in [-0.4, -0.2) is 70.0 Å². The summed E-state index contributed by atoms with van der Waals surface area (Å²) < 4.78 is 8.55. The third kappa shape index (κ3) is 6.61. The Bertz CT molecular complexity index is 2210. The number of aliphatic hydroxyl groups is 1. The first-order valence-electron chi connectivity index (χ1n) is 19.1. The number of hydrogen-bond acceptors (Lipinski definition) is 6. The monoisotopic (exact) mass is 748 g/mol. The summed E-state index contributed by atoms with van der Waals surface area (Å²) in [5.74, 6) is -0.916. The summed E-state index contributed by atoms with van der Waals surface area (Å²) in [5.41, 5.74) is 4.97. The highest BCUT2D eigenvalue weighted by molar-refractivity contribution is 6.71. The van der Waals surface area contributed by atoms with Gasteiger partial charge < -0.3 is 24.4 Å². The van der Waals surface area contributed by atoms with Crippen molar-refractivity contribution in [3.05, 3.63) is 117 Å². The van der Waals surface area contributed by atoms with Crippen LogP contribution in [0.1, 0.15) is 63.6 Å². The second-order valence-corrected chi connectivity index (χ2v) is 20.2. The molecule has 1 fully saturated rings. The molecule has 5 atom stereocenters. The van der Waals surface area contributed by atoms with Crippen LogP contribution in [0.25, 0.3) is 16.6 Å². The van der Waals surface area contributed by atoms with E-state index in [1.165, 1.54) is 10.3 Å². The Morgan fingerprint density at radius 1 is 1.02 bits per heavy atom. The van der Waals surface area contributed by atoms with Gasteiger partial charge in [-0.1, -0.05) is 66.6 Å². The highest BCUT2D eigenvalue weighted by Crippen LogP contribution is 2.60. The number of carbonyl (C=O) groups is 2. The van der Waals surface area contributed by atoms with Gasteiger partial charge >= 0.3 is 0 Å². The lowest BCUT2D eigenvalue weighted by atomic mass is 9.82. The highest BCUT2D eigenvalue weighted by Gasteiger charge is 2.66. The van der Waals surface area contributed by atoms with Crippen molar-refractivity contribution < 1.29 is 24.2 Å². The number of hydrogen-bond donors (Lipinski definition) is 3. The maximum absolute atomic E-state index is 15.1. The van der Waals surface area contributed by atoms with Crippen molar-refractivity contribution in [2.45, 2.75) is 96.3 Å². The number of fused-ring (bicyclic) bond motifs is 4. The van der Waals surface area contributed by atoms with Crippen molar-refractivity contribution in [2.75, 3.05) is 18.1 Å². The molecule has 11 heteroatoms. The van der Waals surface area contributed by atoms with Crippen LogP contribution in [0.4, 0.5) is 5.69 Å². The van der Waals surface area contributed by atoms with Gasteiger partial charge in [-0.15, -0.1) is 0 Å². The number of carbonyl (C=O) groups excluding carboxylic acids is 2. The number of anilines is 1. The fourth-order valence-electron chi connectivity index (χ4n) is 9.10. The van der Waals surface area contributed by atoms with Crippen molar-refractivity contribution in [3.8, 4) is 5.69 Å². The number of amides is 2. The van der Waals surface area contributed by atoms with Crippen molar-refractivity contribution in [1.29, 1.82) is 0 Å². The summed E-state index contributed by atoms with van der Waals surface area (Å²) in [7, 11) is -3.08. The van der Waals surface area contributed by atoms with Crippen molar-refractivity contribution in [1.82, 2.24) is 14.7 Å². The standard InChI is InChI=1S/C43H52N4O6Si/c1-27(2)12-11-13-28(3)20-21-45-37-19-18-32(47-41(50)34-16-9-10-17-36(34)44-47)23-35(37)43(42(45)51)29(4)40(54(5,6)52)38(53-43)24-39(49)46-25-31-15-8-7-14-30(31)22-33(46)26-48/h7-10,12,14-20,23,29,33,38,40,44,48,52H,11,13,21-22,24-26H2,1-6H3/b28-20+/t29-,33+,38+,40-,43+/m1/s1. The van der Waals surface area contributed by atoms with Gasteiger partial charge in [0.05, 0.1) is 47.5 Å². The van der Waals surface area contributed by atoms with E-state index in [4.69, 9.17) is 4.74 Å². The third-order valence-corrected chi connectivity index (χ3v) is 14.3. The molecule has 3 N–H and O–H groups in total. The molecule has 10 nitrogen and oxygen atoms in total. The van der Waals surface area contributed by atoms with E-state index in [9.17, 15) is 19.5 Å². The molecule has 1 saturated heterocycles. The Morgan fingerprint density at radius 2 is 1.74 bits per heavy atom. The summed E-state index contributed by atoms with van der Waals surface area (Å²) >= 11 is 0. The van der Waals surface area contributed by atoms with E-state index in [-0.39, 0.29) is 36.4 Å². The van der Waals surface area contributed by atoms with Gasteiger partial charge in [0.15, 0.2) is 13.9 Å². The average Bonchev–Trinajstić information content (AvgIpc) is 3.72. The maximum Gasteiger partial charge on any atom is 0.279 e. The van der Waals surface area contributed by atoms with Gasteiger partial charge in [-0.25, -0.2) is 4.68 Å². The van der Waals surface area contributed by atoms with Gasteiger partial charge in [-0.05, 0) is 94.6 Å². The first-order chi connectivity index (χ1) is 25.7. The molecule has 3 aliphatic heterocycles. The molecule has 1 spiro atoms. The smallest absolute Gasteiger partial charge is 0.279 e. The number of aliphatic hydroxyl groups excluding tert-OH is 1. The second kappa shape index (κ2) is 14.6. The molecule has 0 unspecified atom stereocenters. The SMILES string of the molecule is CC(C)=CCC/C(C)=C/CN1C(=O)[C@@]2(O[C@@H](CC(=O)N3Cc4ccccc4C[C@H]3CO)[C@H]([Si](C)(C)O)[C@H]2C)c2cc(-n3[nH]c4ccccc4c3=O)ccc21. The number of aromatic amines is 1. The molecule has 1 aromatic heterocycles. The molecule has 4 aromatic rings. The molecule has 4 heterocycles. The number of aromatic nitrogens is 2. The largest absolute Gasteiger partial charge is 0.432 e. The number of rotatable bonds is 10. The predicted octanol–water partition coefficient (Wildman–Crippen LogP) is 6.49. The van der Waals surface area contributed by atoms with E-state index < -0.39 is 31.5 Å². The normalized spacial score (nSPS) is 24.0. The lowest BCUT2D eigenvalue weighted by Gasteiger charge is -2.37. The molecule has 0 saturated carbocycles. The first kappa shape index (κ1) is 37.7. The Kier molecular flexibility index (Phi) is 10.2. The second-order valence-electron chi connectivity index (χ2n) is 16.2. The van der Waals surface area contributed by atoms with E-state index in [0.717, 1.165) is 29.5 Å². The topological polar surface area (TPSA) is 128 Å². The third-order valence-electron chi connectivity index (χ3n) is 11.8. The van der Waals surface area contributed by atoms with Gasteiger partial charge in [0.2, 0.25) is 5.91 Å². The van der Waals surface area contributed by atoms with Crippen LogP contribution in [0.2, 0.25) is 18.6 Å². The number of nitrogens with one attached hydrogen (secondary N) is 1. The Balaban J connectivity index is 1.29. The average molecular weight is 749 g/mol. The molecule has 0 radical (unpaired) electrons. The summed E-state index contributed by atoms with van der Waals surface area (Å²) in [4.78, 5) is 58.4. The quantitative estimate of drug-likeness (QED) is 0.126. The number of nitrogens with zero attached hydrogens (tertiary/aromatic N) is 3. The molecular weight excluding hydrogens is 697 g/mol. The minimum atomic E-state index is -3.08. The number of ether oxygens (including phenoxy) is 1. The van der Waals surface area contributed by atoms with Crippen molar-refractivity contribution in [3.63, 3.8) is 0 Å². The summed E-state index contributed by atoms with van der Waals surface area (Å²) in [6, 6.07) is 20.5. The van der Waals surface area contributed by atoms with Gasteiger partial charge in [-0.3, -0.25) is 19.5 Å². The molecule has 284 valence electrons. The van der Waals surface area contributed by atoms with E-state index in [2.05, 4.69) is 38.0 Å². The van der Waals surface area contributed by atoms with Crippen molar-refractivity contribution in [2.24, 2.45) is 5.92 Å². The molecule has 0 aliphatic carbocycles. The van der Waals surface area contributed by atoms with Crippen LogP contribution in [0.3, 0.4) is 0 Å². The first-order valence-corrected chi connectivity index (χ1v) is 22.1. The molecule has 7 rings (SSSR count). The van der Waals surface area contributed by atoms with Gasteiger partial charge in [0, 0.05) is 30.1 Å². The fraction of sp³-hybridized carbons (Fsp3) is 0.419. The zero-order valence-corrected chi connectivity index (χ0v) is 33.1. The molecule has 54 heavy (non-hydrogen) atoms. The molecule has 2 amide bonds. The van der Waals surface area contributed by atoms with Gasteiger partial charge in [0.25, 0.3) is 11.5 Å². The van der Waals surface area contributed by atoms with Crippen LogP contribution in [0, 0.1) is 5.92 Å². The predicted molar refractivity (Wildman–Crippen MR) is 214 cm³/mol. The van der Waals surface area contributed by atoms with Crippen LogP contribution in [0.15, 0.2) is 94.8 Å². The number of allylic oxidation sites excluding steroid dienone is 3. The maximum atomic E-state index is 15.1. The zero-order valence-electron chi connectivity index (χ0n) is 32.1. The van der Waals surface area contributed by atoms with Gasteiger partial charge in [0.1, 0.15) is 0 Å². The van der Waals surface area contributed by atoms with E-state index in [1.807, 2.05) is 80.7 Å². The minimum absolute atomic E-state index is 0.0421. The Morgan fingerprint density at radius 3 is 2.44 bits per heavy atom. The van der Waals surface area contributed by atoms with E-state index in [1.54, 1.807) is 15.9 Å². The fourth-order valence-corrected chi connectivity index (χ4v) is 11.7. The molecule has 0 bridgehead atoms. The number of para-hydroxylation sites is 1. The Labute approximate surface area is 317 Å². The summed E-state index contributed by atoms with van der Waals surface area (Å²) in [6.45, 7) is 12.4. The van der Waals surface area contributed by atoms with E-state index >= 15 is 4.79 Å².